The Balaban J connectivity index is 1.72. The van der Waals surface area contributed by atoms with Gasteiger partial charge < -0.3 is 4.90 Å². The van der Waals surface area contributed by atoms with Crippen LogP contribution < -0.4 is 4.90 Å². The fourth-order valence-electron chi connectivity index (χ4n) is 3.55. The van der Waals surface area contributed by atoms with Crippen molar-refractivity contribution < 1.29 is 13.6 Å². The molecule has 1 aromatic heterocycles. The van der Waals surface area contributed by atoms with E-state index in [2.05, 4.69) is 12.0 Å². The van der Waals surface area contributed by atoms with E-state index < -0.39 is 11.6 Å². The summed E-state index contributed by atoms with van der Waals surface area (Å²) in [5, 5.41) is 4.30. The van der Waals surface area contributed by atoms with Gasteiger partial charge in [-0.1, -0.05) is 6.92 Å². The lowest BCUT2D eigenvalue weighted by atomic mass is 9.96. The first-order chi connectivity index (χ1) is 11.0. The fraction of sp³-hybridized carbons (Fsp3) is 0.412. The highest BCUT2D eigenvalue weighted by atomic mass is 19.1. The number of carbonyl (C=O) groups excluding carboxylic acids is 1. The summed E-state index contributed by atoms with van der Waals surface area (Å²) in [5.74, 6) is -0.955. The summed E-state index contributed by atoms with van der Waals surface area (Å²) in [4.78, 5) is 14.4. The maximum Gasteiger partial charge on any atom is 0.261 e. The van der Waals surface area contributed by atoms with Crippen LogP contribution in [-0.4, -0.2) is 22.2 Å². The smallest absolute Gasteiger partial charge is 0.261 e. The Labute approximate surface area is 132 Å². The van der Waals surface area contributed by atoms with Crippen molar-refractivity contribution >= 4 is 11.6 Å². The Morgan fingerprint density at radius 1 is 1.30 bits per heavy atom. The molecule has 1 aromatic carbocycles. The van der Waals surface area contributed by atoms with E-state index in [9.17, 15) is 13.6 Å². The molecule has 0 saturated carbocycles. The molecule has 2 aliphatic rings. The van der Waals surface area contributed by atoms with Gasteiger partial charge in [0.2, 0.25) is 0 Å². The fourth-order valence-corrected chi connectivity index (χ4v) is 3.55. The molecule has 4 nitrogen and oxygen atoms in total. The molecule has 0 spiro atoms. The van der Waals surface area contributed by atoms with Crippen molar-refractivity contribution in [2.75, 3.05) is 11.4 Å². The summed E-state index contributed by atoms with van der Waals surface area (Å²) < 4.78 is 29.3. The molecule has 0 saturated heterocycles. The average Bonchev–Trinajstić information content (AvgIpc) is 3.10. The van der Waals surface area contributed by atoms with Crippen molar-refractivity contribution in [1.82, 2.24) is 9.78 Å². The van der Waals surface area contributed by atoms with E-state index in [0.29, 0.717) is 35.7 Å². The summed E-state index contributed by atoms with van der Waals surface area (Å²) in [5.41, 5.74) is 2.23. The molecule has 4 rings (SSSR count). The molecule has 1 amide bonds. The first-order valence-electron chi connectivity index (χ1n) is 7.89. The van der Waals surface area contributed by atoms with Crippen molar-refractivity contribution in [2.24, 2.45) is 5.92 Å². The second kappa shape index (κ2) is 5.15. The third-order valence-corrected chi connectivity index (χ3v) is 4.81. The monoisotopic (exact) mass is 317 g/mol. The molecule has 1 atom stereocenters. The van der Waals surface area contributed by atoms with Crippen LogP contribution in [0, 0.1) is 17.6 Å². The minimum Gasteiger partial charge on any atom is -0.307 e. The zero-order valence-corrected chi connectivity index (χ0v) is 12.9. The molecule has 0 N–H and O–H groups in total. The lowest BCUT2D eigenvalue weighted by Gasteiger charge is -2.22. The summed E-state index contributed by atoms with van der Waals surface area (Å²) in [7, 11) is 0. The minimum atomic E-state index is -0.661. The molecular formula is C17H17F2N3O. The van der Waals surface area contributed by atoms with Crippen molar-refractivity contribution in [2.45, 2.75) is 32.7 Å². The molecule has 23 heavy (non-hydrogen) atoms. The minimum absolute atomic E-state index is 0.218. The summed E-state index contributed by atoms with van der Waals surface area (Å²) in [6.07, 6.45) is 3.85. The number of anilines is 1. The lowest BCUT2D eigenvalue weighted by molar-refractivity contribution is 0.0987. The Morgan fingerprint density at radius 2 is 2.13 bits per heavy atom. The standard InChI is InChI=1S/C17H17F2N3O/c1-10-2-5-22-16(6-10)13(9-20-22)17(23)21-4-3-12-14(19)7-11(18)8-15(12)21/h7-10H,2-6H2,1H3. The zero-order valence-electron chi connectivity index (χ0n) is 12.9. The van der Waals surface area contributed by atoms with Crippen LogP contribution in [0.1, 0.15) is 35.0 Å². The number of aryl methyl sites for hydroxylation is 1. The second-order valence-corrected chi connectivity index (χ2v) is 6.42. The first-order valence-corrected chi connectivity index (χ1v) is 7.89. The van der Waals surface area contributed by atoms with Crippen LogP contribution in [0.15, 0.2) is 18.3 Å². The van der Waals surface area contributed by atoms with Crippen molar-refractivity contribution in [3.8, 4) is 0 Å². The molecule has 6 heteroatoms. The maximum atomic E-state index is 13.9. The number of benzene rings is 1. The van der Waals surface area contributed by atoms with E-state index in [0.717, 1.165) is 31.1 Å². The molecule has 1 unspecified atom stereocenters. The quantitative estimate of drug-likeness (QED) is 0.811. The number of rotatable bonds is 1. The van der Waals surface area contributed by atoms with Gasteiger partial charge in [0.25, 0.3) is 5.91 Å². The molecule has 0 fully saturated rings. The number of halogens is 2. The maximum absolute atomic E-state index is 13.9. The lowest BCUT2D eigenvalue weighted by Crippen LogP contribution is -2.30. The number of carbonyl (C=O) groups is 1. The van der Waals surface area contributed by atoms with Crippen molar-refractivity contribution in [3.05, 3.63) is 46.8 Å². The van der Waals surface area contributed by atoms with Crippen LogP contribution in [0.25, 0.3) is 0 Å². The predicted octanol–water partition coefficient (Wildman–Crippen LogP) is 2.95. The molecule has 2 aromatic rings. The van der Waals surface area contributed by atoms with Gasteiger partial charge in [0.1, 0.15) is 11.6 Å². The van der Waals surface area contributed by atoms with E-state index in [1.165, 1.54) is 11.0 Å². The average molecular weight is 317 g/mol. The van der Waals surface area contributed by atoms with Crippen molar-refractivity contribution in [3.63, 3.8) is 0 Å². The van der Waals surface area contributed by atoms with Crippen LogP contribution in [0.4, 0.5) is 14.5 Å². The van der Waals surface area contributed by atoms with Crippen LogP contribution in [0.3, 0.4) is 0 Å². The molecule has 2 aliphatic heterocycles. The van der Waals surface area contributed by atoms with Gasteiger partial charge in [0, 0.05) is 24.7 Å². The van der Waals surface area contributed by atoms with Crippen molar-refractivity contribution in [1.29, 1.82) is 0 Å². The van der Waals surface area contributed by atoms with Crippen LogP contribution >= 0.6 is 0 Å². The molecule has 120 valence electrons. The molecule has 0 radical (unpaired) electrons. The summed E-state index contributed by atoms with van der Waals surface area (Å²) >= 11 is 0. The van der Waals surface area contributed by atoms with E-state index in [1.54, 1.807) is 6.20 Å². The van der Waals surface area contributed by atoms with Gasteiger partial charge in [0.15, 0.2) is 0 Å². The second-order valence-electron chi connectivity index (χ2n) is 6.42. The molecular weight excluding hydrogens is 300 g/mol. The van der Waals surface area contributed by atoms with E-state index in [-0.39, 0.29) is 5.91 Å². The molecule has 0 bridgehead atoms. The third kappa shape index (κ3) is 2.24. The Morgan fingerprint density at radius 3 is 2.96 bits per heavy atom. The number of aromatic nitrogens is 2. The van der Waals surface area contributed by atoms with Gasteiger partial charge in [-0.3, -0.25) is 9.48 Å². The largest absolute Gasteiger partial charge is 0.307 e. The Hall–Kier alpha value is -2.24. The number of hydrogen-bond acceptors (Lipinski definition) is 2. The van der Waals surface area contributed by atoms with Gasteiger partial charge >= 0.3 is 0 Å². The van der Waals surface area contributed by atoms with Gasteiger partial charge in [-0.05, 0) is 31.2 Å². The number of nitrogens with zero attached hydrogens (tertiary/aromatic N) is 3. The SMILES string of the molecule is CC1CCn2ncc(C(=O)N3CCc4c(F)cc(F)cc43)c2C1. The van der Waals surface area contributed by atoms with E-state index in [1.807, 2.05) is 4.68 Å². The number of hydrogen-bond donors (Lipinski definition) is 0. The zero-order chi connectivity index (χ0) is 16.1. The van der Waals surface area contributed by atoms with E-state index in [4.69, 9.17) is 0 Å². The van der Waals surface area contributed by atoms with Gasteiger partial charge in [0.05, 0.1) is 23.1 Å². The van der Waals surface area contributed by atoms with Crippen LogP contribution in [0.2, 0.25) is 0 Å². The highest BCUT2D eigenvalue weighted by molar-refractivity contribution is 6.08. The number of amides is 1. The first kappa shape index (κ1) is 14.4. The Kier molecular flexibility index (Phi) is 3.21. The number of fused-ring (bicyclic) bond motifs is 2. The van der Waals surface area contributed by atoms with Gasteiger partial charge in [-0.25, -0.2) is 8.78 Å². The molecule has 0 aliphatic carbocycles. The third-order valence-electron chi connectivity index (χ3n) is 4.81. The summed E-state index contributed by atoms with van der Waals surface area (Å²) in [6.45, 7) is 3.33. The highest BCUT2D eigenvalue weighted by Gasteiger charge is 2.32. The molecule has 3 heterocycles. The van der Waals surface area contributed by atoms with E-state index >= 15 is 0 Å². The topological polar surface area (TPSA) is 38.1 Å². The Bertz CT molecular complexity index is 799. The highest BCUT2D eigenvalue weighted by Crippen LogP contribution is 2.33. The summed E-state index contributed by atoms with van der Waals surface area (Å²) in [6, 6.07) is 2.11. The van der Waals surface area contributed by atoms with Crippen LogP contribution in [0.5, 0.6) is 0 Å². The van der Waals surface area contributed by atoms with Gasteiger partial charge in [-0.15, -0.1) is 0 Å². The van der Waals surface area contributed by atoms with Gasteiger partial charge in [-0.2, -0.15) is 5.10 Å². The normalized spacial score (nSPS) is 19.6. The van der Waals surface area contributed by atoms with Crippen LogP contribution in [-0.2, 0) is 19.4 Å². The predicted molar refractivity (Wildman–Crippen MR) is 81.5 cm³/mol.